The molecule has 0 spiro atoms. The first-order valence-electron chi connectivity index (χ1n) is 9.89. The smallest absolute Gasteiger partial charge is 0.249 e. The molecule has 3 aromatic carbocycles. The number of benzene rings is 3. The summed E-state index contributed by atoms with van der Waals surface area (Å²) in [6.45, 7) is 3.89. The van der Waals surface area contributed by atoms with Gasteiger partial charge in [0.25, 0.3) is 0 Å². The van der Waals surface area contributed by atoms with E-state index < -0.39 is 0 Å². The number of carbonyl (C=O) groups excluding carboxylic acids is 2. The fourth-order valence-electron chi connectivity index (χ4n) is 3.66. The summed E-state index contributed by atoms with van der Waals surface area (Å²) in [7, 11) is 0. The lowest BCUT2D eigenvalue weighted by molar-refractivity contribution is -0.120. The van der Waals surface area contributed by atoms with Crippen LogP contribution in [0.2, 0.25) is 0 Å². The first-order chi connectivity index (χ1) is 14.5. The largest absolute Gasteiger partial charge is 0.324 e. The highest BCUT2D eigenvalue weighted by Gasteiger charge is 2.26. The zero-order valence-corrected chi connectivity index (χ0v) is 17.1. The Labute approximate surface area is 176 Å². The number of nitrogens with zero attached hydrogens (tertiary/aromatic N) is 2. The molecule has 1 aliphatic heterocycles. The molecule has 30 heavy (non-hydrogen) atoms. The summed E-state index contributed by atoms with van der Waals surface area (Å²) in [4.78, 5) is 31.8. The monoisotopic (exact) mass is 397 g/mol. The Morgan fingerprint density at radius 2 is 1.73 bits per heavy atom. The van der Waals surface area contributed by atoms with E-state index in [4.69, 9.17) is 0 Å². The van der Waals surface area contributed by atoms with Crippen LogP contribution in [-0.2, 0) is 9.59 Å². The molecule has 0 unspecified atom stereocenters. The average molecular weight is 397 g/mol. The molecule has 5 heteroatoms. The van der Waals surface area contributed by atoms with Crippen LogP contribution >= 0.6 is 0 Å². The third-order valence-electron chi connectivity index (χ3n) is 5.13. The summed E-state index contributed by atoms with van der Waals surface area (Å²) in [5, 5.41) is 2.93. The maximum absolute atomic E-state index is 12.9. The minimum Gasteiger partial charge on any atom is -0.324 e. The summed E-state index contributed by atoms with van der Waals surface area (Å²) in [5.74, 6) is -0.447. The molecule has 0 saturated carbocycles. The van der Waals surface area contributed by atoms with Gasteiger partial charge in [0.05, 0.1) is 11.4 Å². The Morgan fingerprint density at radius 3 is 2.50 bits per heavy atom. The molecule has 0 fully saturated rings. The van der Waals surface area contributed by atoms with Gasteiger partial charge in [0.15, 0.2) is 0 Å². The van der Waals surface area contributed by atoms with E-state index in [-0.39, 0.29) is 24.9 Å². The minimum absolute atomic E-state index is 0.00422. The predicted molar refractivity (Wildman–Crippen MR) is 120 cm³/mol. The van der Waals surface area contributed by atoms with Crippen LogP contribution in [0.4, 0.5) is 11.4 Å². The topological polar surface area (TPSA) is 61.8 Å². The van der Waals surface area contributed by atoms with Gasteiger partial charge in [-0.2, -0.15) is 0 Å². The third-order valence-corrected chi connectivity index (χ3v) is 5.13. The number of benzodiazepines with no additional fused rings is 1. The molecule has 1 aliphatic rings. The third kappa shape index (κ3) is 4.01. The van der Waals surface area contributed by atoms with Crippen LogP contribution in [0.5, 0.6) is 0 Å². The fraction of sp³-hybridized carbons (Fsp3) is 0.160. The van der Waals surface area contributed by atoms with Gasteiger partial charge in [0.1, 0.15) is 13.1 Å². The van der Waals surface area contributed by atoms with Crippen LogP contribution in [0.3, 0.4) is 0 Å². The summed E-state index contributed by atoms with van der Waals surface area (Å²) >= 11 is 0. The number of aryl methyl sites for hydroxylation is 2. The van der Waals surface area contributed by atoms with Crippen molar-refractivity contribution in [3.63, 3.8) is 0 Å². The van der Waals surface area contributed by atoms with Crippen molar-refractivity contribution in [1.82, 2.24) is 0 Å². The van der Waals surface area contributed by atoms with Crippen LogP contribution in [0.15, 0.2) is 77.8 Å². The Morgan fingerprint density at radius 1 is 1.00 bits per heavy atom. The van der Waals surface area contributed by atoms with Gasteiger partial charge in [-0.3, -0.25) is 14.6 Å². The van der Waals surface area contributed by atoms with Gasteiger partial charge in [-0.25, -0.2) is 0 Å². The normalized spacial score (nSPS) is 13.3. The van der Waals surface area contributed by atoms with Gasteiger partial charge in [0.2, 0.25) is 11.8 Å². The number of fused-ring (bicyclic) bond motifs is 1. The second-order valence-corrected chi connectivity index (χ2v) is 7.39. The highest BCUT2D eigenvalue weighted by molar-refractivity contribution is 6.20. The van der Waals surface area contributed by atoms with E-state index in [9.17, 15) is 9.59 Å². The number of anilines is 2. The number of nitrogens with one attached hydrogen (secondary N) is 1. The molecule has 0 atom stereocenters. The lowest BCUT2D eigenvalue weighted by Crippen LogP contribution is -2.39. The molecule has 5 nitrogen and oxygen atoms in total. The van der Waals surface area contributed by atoms with Gasteiger partial charge >= 0.3 is 0 Å². The van der Waals surface area contributed by atoms with E-state index in [1.54, 1.807) is 0 Å². The molecule has 0 aliphatic carbocycles. The van der Waals surface area contributed by atoms with Crippen molar-refractivity contribution < 1.29 is 9.59 Å². The number of hydrogen-bond donors (Lipinski definition) is 1. The summed E-state index contributed by atoms with van der Waals surface area (Å²) in [5.41, 5.74) is 6.11. The molecule has 150 valence electrons. The molecule has 1 N–H and O–H groups in total. The Balaban J connectivity index is 1.63. The average Bonchev–Trinajstić information content (AvgIpc) is 2.88. The van der Waals surface area contributed by atoms with Crippen LogP contribution in [-0.4, -0.2) is 30.6 Å². The predicted octanol–water partition coefficient (Wildman–Crippen LogP) is 4.13. The molecular weight excluding hydrogens is 374 g/mol. The molecule has 2 amide bonds. The van der Waals surface area contributed by atoms with Crippen LogP contribution < -0.4 is 10.2 Å². The molecule has 3 aromatic rings. The van der Waals surface area contributed by atoms with Crippen LogP contribution in [0.25, 0.3) is 0 Å². The van der Waals surface area contributed by atoms with Gasteiger partial charge < -0.3 is 10.2 Å². The SMILES string of the molecule is Cc1ccc(NC(=O)CN2C(=O)CN=C(c3ccccc3)c3ccccc32)c(C)c1. The molecule has 4 rings (SSSR count). The molecule has 0 aromatic heterocycles. The zero-order valence-electron chi connectivity index (χ0n) is 17.1. The molecule has 0 bridgehead atoms. The van der Waals surface area contributed by atoms with Crippen LogP contribution in [0, 0.1) is 13.8 Å². The van der Waals surface area contributed by atoms with Crippen LogP contribution in [0.1, 0.15) is 22.3 Å². The van der Waals surface area contributed by atoms with E-state index >= 15 is 0 Å². The standard InChI is InChI=1S/C25H23N3O2/c1-17-12-13-21(18(2)14-17)27-23(29)16-28-22-11-7-6-10-20(22)25(26-15-24(28)30)19-8-4-3-5-9-19/h3-14H,15-16H2,1-2H3,(H,27,29). The van der Waals surface area contributed by atoms with E-state index in [1.807, 2.05) is 86.6 Å². The van der Waals surface area contributed by atoms with Gasteiger partial charge in [0, 0.05) is 16.8 Å². The van der Waals surface area contributed by atoms with Gasteiger partial charge in [-0.05, 0) is 31.5 Å². The first-order valence-corrected chi connectivity index (χ1v) is 9.89. The van der Waals surface area contributed by atoms with Crippen molar-refractivity contribution in [3.8, 4) is 0 Å². The van der Waals surface area contributed by atoms with Crippen molar-refractivity contribution in [1.29, 1.82) is 0 Å². The molecule has 0 saturated heterocycles. The van der Waals surface area contributed by atoms with Crippen molar-refractivity contribution in [2.45, 2.75) is 13.8 Å². The number of aliphatic imine (C=N–C) groups is 1. The van der Waals surface area contributed by atoms with E-state index in [0.29, 0.717) is 5.69 Å². The van der Waals surface area contributed by atoms with Crippen molar-refractivity contribution >= 4 is 28.9 Å². The zero-order chi connectivity index (χ0) is 21.1. The maximum Gasteiger partial charge on any atom is 0.249 e. The number of carbonyl (C=O) groups is 2. The van der Waals surface area contributed by atoms with Crippen molar-refractivity contribution in [3.05, 3.63) is 95.1 Å². The quantitative estimate of drug-likeness (QED) is 0.720. The van der Waals surface area contributed by atoms with Crippen molar-refractivity contribution in [2.24, 2.45) is 4.99 Å². The first kappa shape index (κ1) is 19.6. The van der Waals surface area contributed by atoms with Gasteiger partial charge in [-0.15, -0.1) is 0 Å². The summed E-state index contributed by atoms with van der Waals surface area (Å²) in [6.07, 6.45) is 0. The second-order valence-electron chi connectivity index (χ2n) is 7.39. The summed E-state index contributed by atoms with van der Waals surface area (Å²) in [6, 6.07) is 23.2. The lowest BCUT2D eigenvalue weighted by Gasteiger charge is -2.23. The molecular formula is C25H23N3O2. The molecule has 0 radical (unpaired) electrons. The van der Waals surface area contributed by atoms with E-state index in [1.165, 1.54) is 4.90 Å². The number of amides is 2. The fourth-order valence-corrected chi connectivity index (χ4v) is 3.66. The Bertz CT molecular complexity index is 1140. The number of rotatable bonds is 4. The number of para-hydroxylation sites is 1. The molecule has 1 heterocycles. The Kier molecular flexibility index (Phi) is 5.44. The van der Waals surface area contributed by atoms with E-state index in [2.05, 4.69) is 10.3 Å². The number of hydrogen-bond acceptors (Lipinski definition) is 3. The highest BCUT2D eigenvalue weighted by Crippen LogP contribution is 2.27. The Hall–Kier alpha value is -3.73. The minimum atomic E-state index is -0.242. The maximum atomic E-state index is 12.9. The highest BCUT2D eigenvalue weighted by atomic mass is 16.2. The van der Waals surface area contributed by atoms with Crippen molar-refractivity contribution in [2.75, 3.05) is 23.3 Å². The second kappa shape index (κ2) is 8.33. The van der Waals surface area contributed by atoms with Gasteiger partial charge in [-0.1, -0.05) is 66.2 Å². The van der Waals surface area contributed by atoms with E-state index in [0.717, 1.165) is 33.7 Å². The summed E-state index contributed by atoms with van der Waals surface area (Å²) < 4.78 is 0. The lowest BCUT2D eigenvalue weighted by atomic mass is 10.0.